The molecule has 0 saturated carbocycles. The second-order valence-electron chi connectivity index (χ2n) is 7.33. The van der Waals surface area contributed by atoms with Crippen molar-refractivity contribution in [3.05, 3.63) is 76.9 Å². The molecule has 0 fully saturated rings. The summed E-state index contributed by atoms with van der Waals surface area (Å²) in [4.78, 5) is 17.2. The van der Waals surface area contributed by atoms with Gasteiger partial charge in [0, 0.05) is 17.9 Å². The smallest absolute Gasteiger partial charge is 0.225 e. The van der Waals surface area contributed by atoms with Crippen molar-refractivity contribution < 1.29 is 9.53 Å². The van der Waals surface area contributed by atoms with Crippen LogP contribution in [0.25, 0.3) is 16.7 Å². The Morgan fingerprint density at radius 3 is 2.71 bits per heavy atom. The van der Waals surface area contributed by atoms with Crippen LogP contribution in [0.5, 0.6) is 5.75 Å². The van der Waals surface area contributed by atoms with Gasteiger partial charge in [0.2, 0.25) is 5.91 Å². The van der Waals surface area contributed by atoms with Crippen molar-refractivity contribution in [3.63, 3.8) is 0 Å². The number of amides is 1. The van der Waals surface area contributed by atoms with E-state index in [0.717, 1.165) is 22.2 Å². The van der Waals surface area contributed by atoms with Crippen molar-refractivity contribution >= 4 is 34.2 Å². The van der Waals surface area contributed by atoms with E-state index in [9.17, 15) is 4.79 Å². The lowest BCUT2D eigenvalue weighted by molar-refractivity contribution is -0.116. The molecule has 1 N–H and O–H groups in total. The van der Waals surface area contributed by atoms with Gasteiger partial charge in [-0.1, -0.05) is 41.9 Å². The van der Waals surface area contributed by atoms with Crippen LogP contribution in [0.15, 0.2) is 60.7 Å². The van der Waals surface area contributed by atoms with Crippen LogP contribution in [0, 0.1) is 13.8 Å². The monoisotopic (exact) mass is 434 g/mol. The first-order chi connectivity index (χ1) is 15.0. The number of rotatable bonds is 7. The van der Waals surface area contributed by atoms with Crippen molar-refractivity contribution in [1.82, 2.24) is 14.8 Å². The number of nitrogens with one attached hydrogen (secondary N) is 1. The molecule has 4 aromatic rings. The maximum atomic E-state index is 12.5. The molecule has 0 bridgehead atoms. The molecule has 6 nitrogen and oxygen atoms in total. The number of carbonyl (C=O) groups is 1. The Balaban J connectivity index is 1.43. The topological polar surface area (TPSA) is 69.0 Å². The molecule has 0 saturated heterocycles. The summed E-state index contributed by atoms with van der Waals surface area (Å²) in [5.41, 5.74) is 2.78. The number of aryl methyl sites for hydroxylation is 2. The minimum atomic E-state index is -0.110. The van der Waals surface area contributed by atoms with E-state index in [1.807, 2.05) is 68.4 Å². The van der Waals surface area contributed by atoms with E-state index in [4.69, 9.17) is 21.3 Å². The maximum absolute atomic E-state index is 12.5. The van der Waals surface area contributed by atoms with Gasteiger partial charge in [-0.3, -0.25) is 4.79 Å². The summed E-state index contributed by atoms with van der Waals surface area (Å²) in [6.45, 7) is 4.33. The summed E-state index contributed by atoms with van der Waals surface area (Å²) in [6, 6.07) is 19.1. The van der Waals surface area contributed by atoms with Gasteiger partial charge in [-0.15, -0.1) is 0 Å². The van der Waals surface area contributed by atoms with Crippen LogP contribution in [-0.4, -0.2) is 27.3 Å². The molecule has 2 aromatic heterocycles. The maximum Gasteiger partial charge on any atom is 0.225 e. The zero-order valence-corrected chi connectivity index (χ0v) is 18.2. The molecule has 2 aromatic carbocycles. The number of anilines is 1. The fraction of sp³-hybridized carbons (Fsp3) is 0.208. The quantitative estimate of drug-likeness (QED) is 0.390. The first-order valence-corrected chi connectivity index (χ1v) is 10.5. The normalized spacial score (nSPS) is 10.9. The molecule has 4 rings (SSSR count). The number of aromatic nitrogens is 3. The number of ether oxygens (including phenoxy) is 1. The summed E-state index contributed by atoms with van der Waals surface area (Å²) in [5, 5.41) is 9.13. The molecular formula is C24H23ClN4O2. The molecule has 0 unspecified atom stereocenters. The predicted molar refractivity (Wildman–Crippen MR) is 123 cm³/mol. The highest BCUT2D eigenvalue weighted by Crippen LogP contribution is 2.24. The van der Waals surface area contributed by atoms with Crippen molar-refractivity contribution in [2.45, 2.75) is 26.7 Å². The van der Waals surface area contributed by atoms with Crippen LogP contribution < -0.4 is 10.1 Å². The fourth-order valence-corrected chi connectivity index (χ4v) is 3.58. The number of halogens is 1. The lowest BCUT2D eigenvalue weighted by atomic mass is 10.1. The molecule has 0 aliphatic rings. The Kier molecular flexibility index (Phi) is 6.18. The Bertz CT molecular complexity index is 1240. The van der Waals surface area contributed by atoms with E-state index < -0.39 is 0 Å². The standard InChI is InChI=1S/C24H23ClN4O2/c1-16-14-22(26-20-10-5-3-8-18(16)20)29-23(15-17(2)28-29)27-24(30)12-7-13-31-21-11-6-4-9-19(21)25/h3-6,8-11,14-15H,7,12-13H2,1-2H3,(H,27,30). The zero-order chi connectivity index (χ0) is 21.8. The number of para-hydroxylation sites is 2. The van der Waals surface area contributed by atoms with E-state index in [1.165, 1.54) is 0 Å². The highest BCUT2D eigenvalue weighted by atomic mass is 35.5. The Hall–Kier alpha value is -3.38. The highest BCUT2D eigenvalue weighted by Gasteiger charge is 2.13. The molecule has 158 valence electrons. The van der Waals surface area contributed by atoms with Gasteiger partial charge in [0.15, 0.2) is 5.82 Å². The first kappa shape index (κ1) is 20.9. The second kappa shape index (κ2) is 9.18. The van der Waals surface area contributed by atoms with E-state index in [-0.39, 0.29) is 5.91 Å². The lowest BCUT2D eigenvalue weighted by Gasteiger charge is -2.11. The van der Waals surface area contributed by atoms with Crippen LogP contribution in [0.2, 0.25) is 5.02 Å². The summed E-state index contributed by atoms with van der Waals surface area (Å²) in [6.07, 6.45) is 0.885. The molecular weight excluding hydrogens is 412 g/mol. The van der Waals surface area contributed by atoms with Gasteiger partial charge >= 0.3 is 0 Å². The second-order valence-corrected chi connectivity index (χ2v) is 7.74. The Morgan fingerprint density at radius 2 is 1.87 bits per heavy atom. The predicted octanol–water partition coefficient (Wildman–Crippen LogP) is 5.49. The average molecular weight is 435 g/mol. The molecule has 0 aliphatic carbocycles. The van der Waals surface area contributed by atoms with Gasteiger partial charge in [0.05, 0.1) is 22.8 Å². The summed E-state index contributed by atoms with van der Waals surface area (Å²) < 4.78 is 7.32. The largest absolute Gasteiger partial charge is 0.492 e. The number of benzene rings is 2. The summed E-state index contributed by atoms with van der Waals surface area (Å²) >= 11 is 6.08. The fourth-order valence-electron chi connectivity index (χ4n) is 3.39. The number of fused-ring (bicyclic) bond motifs is 1. The van der Waals surface area contributed by atoms with Gasteiger partial charge < -0.3 is 10.1 Å². The number of carbonyl (C=O) groups excluding carboxylic acids is 1. The average Bonchev–Trinajstić information content (AvgIpc) is 3.12. The van der Waals surface area contributed by atoms with Gasteiger partial charge in [-0.05, 0) is 50.1 Å². The van der Waals surface area contributed by atoms with Crippen molar-refractivity contribution in [1.29, 1.82) is 0 Å². The number of nitrogens with zero attached hydrogens (tertiary/aromatic N) is 3. The van der Waals surface area contributed by atoms with E-state index in [1.54, 1.807) is 10.7 Å². The van der Waals surface area contributed by atoms with Crippen LogP contribution in [-0.2, 0) is 4.79 Å². The number of hydrogen-bond donors (Lipinski definition) is 1. The van der Waals surface area contributed by atoms with Crippen molar-refractivity contribution in [2.75, 3.05) is 11.9 Å². The third-order valence-electron chi connectivity index (χ3n) is 4.87. The third kappa shape index (κ3) is 4.86. The highest BCUT2D eigenvalue weighted by molar-refractivity contribution is 6.32. The molecule has 2 heterocycles. The van der Waals surface area contributed by atoms with Crippen LogP contribution >= 0.6 is 11.6 Å². The Morgan fingerprint density at radius 1 is 1.10 bits per heavy atom. The number of pyridine rings is 1. The molecule has 7 heteroatoms. The van der Waals surface area contributed by atoms with Gasteiger partial charge in [-0.2, -0.15) is 9.78 Å². The minimum Gasteiger partial charge on any atom is -0.492 e. The van der Waals surface area contributed by atoms with Crippen molar-refractivity contribution in [3.8, 4) is 11.6 Å². The molecule has 0 radical (unpaired) electrons. The van der Waals surface area contributed by atoms with E-state index in [0.29, 0.717) is 41.9 Å². The van der Waals surface area contributed by atoms with Gasteiger partial charge in [0.1, 0.15) is 11.6 Å². The Labute approximate surface area is 185 Å². The summed E-state index contributed by atoms with van der Waals surface area (Å²) in [5.74, 6) is 1.77. The van der Waals surface area contributed by atoms with Crippen LogP contribution in [0.3, 0.4) is 0 Å². The van der Waals surface area contributed by atoms with Crippen molar-refractivity contribution in [2.24, 2.45) is 0 Å². The van der Waals surface area contributed by atoms with E-state index >= 15 is 0 Å². The van der Waals surface area contributed by atoms with Crippen LogP contribution in [0.1, 0.15) is 24.1 Å². The molecule has 0 aliphatic heterocycles. The SMILES string of the molecule is Cc1cc(NC(=O)CCCOc2ccccc2Cl)n(-c2cc(C)c3ccccc3n2)n1. The molecule has 0 spiro atoms. The summed E-state index contributed by atoms with van der Waals surface area (Å²) in [7, 11) is 0. The first-order valence-electron chi connectivity index (χ1n) is 10.1. The van der Waals surface area contributed by atoms with Gasteiger partial charge in [-0.25, -0.2) is 4.98 Å². The van der Waals surface area contributed by atoms with E-state index in [2.05, 4.69) is 10.4 Å². The van der Waals surface area contributed by atoms with Crippen LogP contribution in [0.4, 0.5) is 5.82 Å². The minimum absolute atomic E-state index is 0.110. The molecule has 0 atom stereocenters. The van der Waals surface area contributed by atoms with Gasteiger partial charge in [0.25, 0.3) is 0 Å². The molecule has 1 amide bonds. The molecule has 31 heavy (non-hydrogen) atoms. The zero-order valence-electron chi connectivity index (χ0n) is 17.4. The third-order valence-corrected chi connectivity index (χ3v) is 5.18. The lowest BCUT2D eigenvalue weighted by Crippen LogP contribution is -2.16. The number of hydrogen-bond acceptors (Lipinski definition) is 4.